The quantitative estimate of drug-likeness (QED) is 0.536. The molecule has 0 spiro atoms. The van der Waals surface area contributed by atoms with E-state index in [0.717, 1.165) is 36.0 Å². The highest BCUT2D eigenvalue weighted by Crippen LogP contribution is 2.30. The zero-order valence-corrected chi connectivity index (χ0v) is 17.3. The first-order chi connectivity index (χ1) is 14.7. The van der Waals surface area contributed by atoms with Gasteiger partial charge in [-0.1, -0.05) is 30.3 Å². The number of benzene rings is 2. The van der Waals surface area contributed by atoms with E-state index in [9.17, 15) is 4.79 Å². The van der Waals surface area contributed by atoms with Gasteiger partial charge >= 0.3 is 0 Å². The number of amides is 1. The maximum atomic E-state index is 13.1. The first-order valence-electron chi connectivity index (χ1n) is 10.6. The van der Waals surface area contributed by atoms with E-state index in [1.54, 1.807) is 4.90 Å². The molecule has 2 aromatic heterocycles. The van der Waals surface area contributed by atoms with Crippen molar-refractivity contribution in [2.24, 2.45) is 0 Å². The molecule has 0 fully saturated rings. The number of aromatic nitrogens is 3. The lowest BCUT2D eigenvalue weighted by molar-refractivity contribution is 0.0785. The predicted molar refractivity (Wildman–Crippen MR) is 119 cm³/mol. The van der Waals surface area contributed by atoms with Crippen molar-refractivity contribution in [1.82, 2.24) is 19.7 Å². The van der Waals surface area contributed by atoms with Gasteiger partial charge in [0.15, 0.2) is 0 Å². The minimum absolute atomic E-state index is 0.0402. The van der Waals surface area contributed by atoms with Crippen molar-refractivity contribution in [3.63, 3.8) is 0 Å². The van der Waals surface area contributed by atoms with E-state index in [4.69, 9.17) is 0 Å². The predicted octanol–water partition coefficient (Wildman–Crippen LogP) is 4.56. The Bertz CT molecular complexity index is 1190. The normalized spacial score (nSPS) is 13.4. The second kappa shape index (κ2) is 7.82. The molecule has 0 saturated heterocycles. The van der Waals surface area contributed by atoms with Gasteiger partial charge in [-0.05, 0) is 55.0 Å². The first kappa shape index (κ1) is 18.7. The Balaban J connectivity index is 1.30. The average Bonchev–Trinajstić information content (AvgIpc) is 3.37. The SMILES string of the molecule is CN(Cc1cnn(Cc2ccccc2)c1)C(=O)c1ccc2[nH]c3c(c2c1)CCCC3. The van der Waals surface area contributed by atoms with Crippen molar-refractivity contribution in [3.8, 4) is 0 Å². The topological polar surface area (TPSA) is 53.9 Å². The number of aryl methyl sites for hydroxylation is 2. The van der Waals surface area contributed by atoms with Crippen LogP contribution in [-0.4, -0.2) is 32.6 Å². The second-order valence-electron chi connectivity index (χ2n) is 8.24. The molecule has 30 heavy (non-hydrogen) atoms. The third-order valence-corrected chi connectivity index (χ3v) is 5.99. The second-order valence-corrected chi connectivity index (χ2v) is 8.24. The summed E-state index contributed by atoms with van der Waals surface area (Å²) in [5, 5.41) is 5.66. The molecule has 1 amide bonds. The van der Waals surface area contributed by atoms with Gasteiger partial charge in [0.05, 0.1) is 12.7 Å². The van der Waals surface area contributed by atoms with Gasteiger partial charge in [0.25, 0.3) is 5.91 Å². The summed E-state index contributed by atoms with van der Waals surface area (Å²) in [5.74, 6) is 0.0402. The van der Waals surface area contributed by atoms with Crippen LogP contribution in [0.3, 0.4) is 0 Å². The Morgan fingerprint density at radius 3 is 2.80 bits per heavy atom. The molecule has 5 rings (SSSR count). The van der Waals surface area contributed by atoms with Gasteiger partial charge in [-0.15, -0.1) is 0 Å². The highest BCUT2D eigenvalue weighted by molar-refractivity contribution is 5.99. The summed E-state index contributed by atoms with van der Waals surface area (Å²) in [5.41, 5.74) is 6.87. The van der Waals surface area contributed by atoms with Crippen molar-refractivity contribution < 1.29 is 4.79 Å². The molecular formula is C25H26N4O. The van der Waals surface area contributed by atoms with E-state index in [0.29, 0.717) is 6.54 Å². The molecule has 0 radical (unpaired) electrons. The minimum Gasteiger partial charge on any atom is -0.358 e. The lowest BCUT2D eigenvalue weighted by atomic mass is 9.95. The minimum atomic E-state index is 0.0402. The van der Waals surface area contributed by atoms with Crippen LogP contribution in [0, 0.1) is 0 Å². The van der Waals surface area contributed by atoms with Crippen LogP contribution in [0.4, 0.5) is 0 Å². The molecule has 1 aliphatic carbocycles. The van der Waals surface area contributed by atoms with E-state index < -0.39 is 0 Å². The molecule has 1 N–H and O–H groups in total. The lowest BCUT2D eigenvalue weighted by Gasteiger charge is -2.16. The van der Waals surface area contributed by atoms with E-state index in [-0.39, 0.29) is 5.91 Å². The van der Waals surface area contributed by atoms with Gasteiger partial charge in [0, 0.05) is 47.5 Å². The van der Waals surface area contributed by atoms with Crippen LogP contribution in [0.1, 0.15) is 45.6 Å². The van der Waals surface area contributed by atoms with Crippen LogP contribution < -0.4 is 0 Å². The van der Waals surface area contributed by atoms with Crippen molar-refractivity contribution in [1.29, 1.82) is 0 Å². The highest BCUT2D eigenvalue weighted by Gasteiger charge is 2.18. The largest absolute Gasteiger partial charge is 0.358 e. The van der Waals surface area contributed by atoms with Crippen molar-refractivity contribution >= 4 is 16.8 Å². The van der Waals surface area contributed by atoms with E-state index >= 15 is 0 Å². The molecule has 2 heterocycles. The number of H-pyrrole nitrogens is 1. The Morgan fingerprint density at radius 1 is 1.10 bits per heavy atom. The third kappa shape index (κ3) is 3.63. The maximum absolute atomic E-state index is 13.1. The summed E-state index contributed by atoms with van der Waals surface area (Å²) in [6, 6.07) is 16.3. The number of carbonyl (C=O) groups is 1. The maximum Gasteiger partial charge on any atom is 0.253 e. The van der Waals surface area contributed by atoms with Crippen LogP contribution >= 0.6 is 0 Å². The molecular weight excluding hydrogens is 372 g/mol. The molecule has 0 saturated carbocycles. The van der Waals surface area contributed by atoms with Gasteiger partial charge in [-0.2, -0.15) is 5.10 Å². The van der Waals surface area contributed by atoms with E-state index in [2.05, 4.69) is 28.3 Å². The summed E-state index contributed by atoms with van der Waals surface area (Å²) in [4.78, 5) is 18.4. The van der Waals surface area contributed by atoms with Crippen LogP contribution in [0.2, 0.25) is 0 Å². The third-order valence-electron chi connectivity index (χ3n) is 5.99. The number of carbonyl (C=O) groups excluding carboxylic acids is 1. The number of hydrogen-bond acceptors (Lipinski definition) is 2. The molecule has 0 unspecified atom stereocenters. The standard InChI is InChI=1S/C25H26N4O/c1-28(15-19-14-26-29(17-19)16-18-7-3-2-4-8-18)25(30)20-11-12-24-22(13-20)21-9-5-6-10-23(21)27-24/h2-4,7-8,11-14,17,27H,5-6,9-10,15-16H2,1H3. The van der Waals surface area contributed by atoms with Crippen LogP contribution in [0.5, 0.6) is 0 Å². The number of rotatable bonds is 5. The first-order valence-corrected chi connectivity index (χ1v) is 10.6. The number of nitrogens with zero attached hydrogens (tertiary/aromatic N) is 3. The molecule has 0 bridgehead atoms. The summed E-state index contributed by atoms with van der Waals surface area (Å²) < 4.78 is 1.92. The number of nitrogens with one attached hydrogen (secondary N) is 1. The summed E-state index contributed by atoms with van der Waals surface area (Å²) in [6.45, 7) is 1.27. The molecule has 152 valence electrons. The Labute approximate surface area is 176 Å². The molecule has 2 aromatic carbocycles. The van der Waals surface area contributed by atoms with Crippen molar-refractivity contribution in [2.75, 3.05) is 7.05 Å². The number of hydrogen-bond donors (Lipinski definition) is 1. The summed E-state index contributed by atoms with van der Waals surface area (Å²) in [6.07, 6.45) is 8.54. The Morgan fingerprint density at radius 2 is 1.93 bits per heavy atom. The van der Waals surface area contributed by atoms with Crippen molar-refractivity contribution in [2.45, 2.75) is 38.8 Å². The van der Waals surface area contributed by atoms with E-state index in [1.165, 1.54) is 35.0 Å². The van der Waals surface area contributed by atoms with Gasteiger partial charge in [0.1, 0.15) is 0 Å². The van der Waals surface area contributed by atoms with E-state index in [1.807, 2.05) is 54.5 Å². The molecule has 4 aromatic rings. The molecule has 1 aliphatic rings. The fraction of sp³-hybridized carbons (Fsp3) is 0.280. The number of aromatic amines is 1. The Kier molecular flexibility index (Phi) is 4.87. The van der Waals surface area contributed by atoms with Gasteiger partial charge in [-0.25, -0.2) is 0 Å². The zero-order valence-electron chi connectivity index (χ0n) is 17.3. The average molecular weight is 399 g/mol. The molecule has 0 atom stereocenters. The molecule has 0 aliphatic heterocycles. The fourth-order valence-electron chi connectivity index (χ4n) is 4.45. The van der Waals surface area contributed by atoms with Crippen LogP contribution in [0.25, 0.3) is 10.9 Å². The van der Waals surface area contributed by atoms with Gasteiger partial charge in [0.2, 0.25) is 0 Å². The molecule has 5 nitrogen and oxygen atoms in total. The van der Waals surface area contributed by atoms with Gasteiger partial charge in [-0.3, -0.25) is 9.48 Å². The Hall–Kier alpha value is -3.34. The van der Waals surface area contributed by atoms with Crippen LogP contribution in [-0.2, 0) is 25.9 Å². The highest BCUT2D eigenvalue weighted by atomic mass is 16.2. The monoisotopic (exact) mass is 398 g/mol. The lowest BCUT2D eigenvalue weighted by Crippen LogP contribution is -2.26. The fourth-order valence-corrected chi connectivity index (χ4v) is 4.45. The van der Waals surface area contributed by atoms with Crippen LogP contribution in [0.15, 0.2) is 60.9 Å². The van der Waals surface area contributed by atoms with Gasteiger partial charge < -0.3 is 9.88 Å². The summed E-state index contributed by atoms with van der Waals surface area (Å²) >= 11 is 0. The summed E-state index contributed by atoms with van der Waals surface area (Å²) in [7, 11) is 1.85. The smallest absolute Gasteiger partial charge is 0.253 e. The molecule has 5 heteroatoms. The zero-order chi connectivity index (χ0) is 20.5. The number of fused-ring (bicyclic) bond motifs is 3. The van der Waals surface area contributed by atoms with Crippen molar-refractivity contribution in [3.05, 3.63) is 88.9 Å².